The van der Waals surface area contributed by atoms with Crippen molar-refractivity contribution in [2.24, 2.45) is 17.1 Å². The summed E-state index contributed by atoms with van der Waals surface area (Å²) >= 11 is 0. The van der Waals surface area contributed by atoms with E-state index in [-0.39, 0.29) is 5.41 Å². The monoisotopic (exact) mass is 238 g/mol. The lowest BCUT2D eigenvalue weighted by Crippen LogP contribution is -2.51. The Hall–Kier alpha value is -0.570. The molecular weight excluding hydrogens is 212 g/mol. The highest BCUT2D eigenvalue weighted by Crippen LogP contribution is 2.37. The van der Waals surface area contributed by atoms with Crippen molar-refractivity contribution in [2.45, 2.75) is 51.9 Å². The summed E-state index contributed by atoms with van der Waals surface area (Å²) in [5.74, 6) is 1.01. The van der Waals surface area contributed by atoms with Gasteiger partial charge in [-0.15, -0.1) is 0 Å². The molecule has 0 spiro atoms. The number of nitrogens with two attached hydrogens (primary N) is 1. The van der Waals surface area contributed by atoms with E-state index in [9.17, 15) is 4.79 Å². The predicted octanol–water partition coefficient (Wildman–Crippen LogP) is 2.15. The van der Waals surface area contributed by atoms with Crippen LogP contribution in [-0.4, -0.2) is 30.4 Å². The number of hydrogen-bond acceptors (Lipinski definition) is 2. The van der Waals surface area contributed by atoms with Gasteiger partial charge in [0.15, 0.2) is 0 Å². The molecule has 2 rings (SSSR count). The quantitative estimate of drug-likeness (QED) is 0.801. The van der Waals surface area contributed by atoms with Crippen molar-refractivity contribution < 1.29 is 4.79 Å². The Balaban J connectivity index is 2.05. The van der Waals surface area contributed by atoms with Crippen LogP contribution in [0.15, 0.2) is 0 Å². The first-order valence-electron chi connectivity index (χ1n) is 7.17. The minimum Gasteiger partial charge on any atom is -0.342 e. The van der Waals surface area contributed by atoms with Gasteiger partial charge in [-0.3, -0.25) is 4.79 Å². The second kappa shape index (κ2) is 5.38. The number of nitrogens with zero attached hydrogens (tertiary/aromatic N) is 1. The first kappa shape index (κ1) is 12.9. The summed E-state index contributed by atoms with van der Waals surface area (Å²) in [6.45, 7) is 4.68. The molecule has 1 aliphatic heterocycles. The molecule has 0 bridgehead atoms. The van der Waals surface area contributed by atoms with Crippen LogP contribution in [0.1, 0.15) is 51.9 Å². The van der Waals surface area contributed by atoms with Gasteiger partial charge >= 0.3 is 0 Å². The van der Waals surface area contributed by atoms with Crippen LogP contribution in [0.2, 0.25) is 0 Å². The third kappa shape index (κ3) is 2.65. The SMILES string of the molecule is CC1CCCN(C(=O)C2(CN)CCCCC2)C1. The number of hydrogen-bond donors (Lipinski definition) is 1. The van der Waals surface area contributed by atoms with E-state index in [0.29, 0.717) is 18.4 Å². The largest absolute Gasteiger partial charge is 0.342 e. The van der Waals surface area contributed by atoms with Crippen LogP contribution >= 0.6 is 0 Å². The molecule has 17 heavy (non-hydrogen) atoms. The van der Waals surface area contributed by atoms with Gasteiger partial charge in [-0.05, 0) is 31.6 Å². The lowest BCUT2D eigenvalue weighted by atomic mass is 9.72. The van der Waals surface area contributed by atoms with Gasteiger partial charge in [0.25, 0.3) is 0 Å². The molecule has 1 aliphatic carbocycles. The van der Waals surface area contributed by atoms with Gasteiger partial charge in [-0.25, -0.2) is 0 Å². The van der Waals surface area contributed by atoms with Crippen LogP contribution in [0.25, 0.3) is 0 Å². The summed E-state index contributed by atoms with van der Waals surface area (Å²) in [6.07, 6.45) is 8.05. The fraction of sp³-hybridized carbons (Fsp3) is 0.929. The highest BCUT2D eigenvalue weighted by Gasteiger charge is 2.41. The molecule has 0 radical (unpaired) electrons. The lowest BCUT2D eigenvalue weighted by molar-refractivity contribution is -0.145. The summed E-state index contributed by atoms with van der Waals surface area (Å²) < 4.78 is 0. The highest BCUT2D eigenvalue weighted by molar-refractivity contribution is 5.83. The molecule has 3 nitrogen and oxygen atoms in total. The van der Waals surface area contributed by atoms with E-state index >= 15 is 0 Å². The Kier molecular flexibility index (Phi) is 4.08. The minimum absolute atomic E-state index is 0.213. The second-order valence-electron chi connectivity index (χ2n) is 6.04. The summed E-state index contributed by atoms with van der Waals surface area (Å²) in [5.41, 5.74) is 5.72. The molecule has 1 heterocycles. The van der Waals surface area contributed by atoms with Gasteiger partial charge in [-0.2, -0.15) is 0 Å². The molecule has 0 aromatic heterocycles. The minimum atomic E-state index is -0.213. The van der Waals surface area contributed by atoms with Gasteiger partial charge in [0.05, 0.1) is 5.41 Å². The molecule has 0 aromatic carbocycles. The maximum atomic E-state index is 12.7. The zero-order valence-corrected chi connectivity index (χ0v) is 11.1. The topological polar surface area (TPSA) is 46.3 Å². The molecular formula is C14H26N2O. The molecule has 1 atom stereocenters. The van der Waals surface area contributed by atoms with E-state index in [1.54, 1.807) is 0 Å². The van der Waals surface area contributed by atoms with Crippen molar-refractivity contribution in [2.75, 3.05) is 19.6 Å². The normalized spacial score (nSPS) is 29.1. The average molecular weight is 238 g/mol. The van der Waals surface area contributed by atoms with E-state index in [0.717, 1.165) is 32.4 Å². The molecule has 1 unspecified atom stereocenters. The van der Waals surface area contributed by atoms with Crippen LogP contribution in [-0.2, 0) is 4.79 Å². The Bertz CT molecular complexity index is 271. The number of carbonyl (C=O) groups is 1. The van der Waals surface area contributed by atoms with Crippen molar-refractivity contribution in [1.29, 1.82) is 0 Å². The Morgan fingerprint density at radius 2 is 2.00 bits per heavy atom. The van der Waals surface area contributed by atoms with Gasteiger partial charge in [-0.1, -0.05) is 26.2 Å². The van der Waals surface area contributed by atoms with Crippen molar-refractivity contribution >= 4 is 5.91 Å². The highest BCUT2D eigenvalue weighted by atomic mass is 16.2. The average Bonchev–Trinajstić information content (AvgIpc) is 2.38. The third-order valence-electron chi connectivity index (χ3n) is 4.60. The molecule has 2 N–H and O–H groups in total. The summed E-state index contributed by atoms with van der Waals surface area (Å²) in [6, 6.07) is 0. The predicted molar refractivity (Wildman–Crippen MR) is 69.6 cm³/mol. The number of carbonyl (C=O) groups excluding carboxylic acids is 1. The molecule has 1 saturated heterocycles. The van der Waals surface area contributed by atoms with E-state index < -0.39 is 0 Å². The van der Waals surface area contributed by atoms with Crippen LogP contribution in [0, 0.1) is 11.3 Å². The molecule has 1 amide bonds. The maximum Gasteiger partial charge on any atom is 0.230 e. The van der Waals surface area contributed by atoms with Crippen LogP contribution in [0.5, 0.6) is 0 Å². The summed E-state index contributed by atoms with van der Waals surface area (Å²) in [7, 11) is 0. The molecule has 2 aliphatic rings. The van der Waals surface area contributed by atoms with Crippen LogP contribution < -0.4 is 5.73 Å². The Morgan fingerprint density at radius 3 is 2.59 bits per heavy atom. The van der Waals surface area contributed by atoms with Crippen molar-refractivity contribution in [3.63, 3.8) is 0 Å². The smallest absolute Gasteiger partial charge is 0.230 e. The zero-order valence-electron chi connectivity index (χ0n) is 11.1. The van der Waals surface area contributed by atoms with E-state index in [2.05, 4.69) is 11.8 Å². The molecule has 98 valence electrons. The summed E-state index contributed by atoms with van der Waals surface area (Å²) in [4.78, 5) is 14.8. The van der Waals surface area contributed by atoms with E-state index in [4.69, 9.17) is 5.73 Å². The third-order valence-corrected chi connectivity index (χ3v) is 4.60. The molecule has 3 heteroatoms. The van der Waals surface area contributed by atoms with Crippen molar-refractivity contribution in [1.82, 2.24) is 4.90 Å². The standard InChI is InChI=1S/C14H26N2O/c1-12-6-5-9-16(10-12)13(17)14(11-15)7-3-2-4-8-14/h12H,2-11,15H2,1H3. The van der Waals surface area contributed by atoms with Crippen LogP contribution in [0.3, 0.4) is 0 Å². The molecule has 0 aromatic rings. The van der Waals surface area contributed by atoms with Crippen LogP contribution in [0.4, 0.5) is 0 Å². The van der Waals surface area contributed by atoms with E-state index in [1.807, 2.05) is 0 Å². The van der Waals surface area contributed by atoms with Crippen molar-refractivity contribution in [3.05, 3.63) is 0 Å². The Morgan fingerprint density at radius 1 is 1.29 bits per heavy atom. The molecule has 1 saturated carbocycles. The zero-order chi connectivity index (χ0) is 12.3. The van der Waals surface area contributed by atoms with Gasteiger partial charge in [0.2, 0.25) is 5.91 Å². The lowest BCUT2D eigenvalue weighted by Gasteiger charge is -2.41. The van der Waals surface area contributed by atoms with Gasteiger partial charge in [0.1, 0.15) is 0 Å². The van der Waals surface area contributed by atoms with Crippen molar-refractivity contribution in [3.8, 4) is 0 Å². The second-order valence-corrected chi connectivity index (χ2v) is 6.04. The fourth-order valence-corrected chi connectivity index (χ4v) is 3.44. The Labute approximate surface area is 105 Å². The maximum absolute atomic E-state index is 12.7. The fourth-order valence-electron chi connectivity index (χ4n) is 3.44. The first-order valence-corrected chi connectivity index (χ1v) is 7.17. The number of likely N-dealkylation sites (tertiary alicyclic amines) is 1. The molecule has 2 fully saturated rings. The first-order chi connectivity index (χ1) is 8.18. The van der Waals surface area contributed by atoms with Gasteiger partial charge in [0, 0.05) is 19.6 Å². The van der Waals surface area contributed by atoms with Gasteiger partial charge < -0.3 is 10.6 Å². The number of rotatable bonds is 2. The van der Waals surface area contributed by atoms with E-state index in [1.165, 1.54) is 25.7 Å². The number of piperidine rings is 1. The summed E-state index contributed by atoms with van der Waals surface area (Å²) in [5, 5.41) is 0. The number of amides is 1.